The van der Waals surface area contributed by atoms with E-state index >= 15 is 0 Å². The standard InChI is InChI=1S/C14H19BrN2O3.C14H19N2O3.3CH3.Sn/c1-14(2,3)20-13(18)17-5-4-11(17)9-19-12-6-10(15)7-16-8-12;1-14(2,3)19-13(17)16-8-6-11(16)10-18-12-5-4-7-15-9-12;;;;/h6-8,11H,4-5,9H2,1-3H3;5,7,9,11H,6,8,10H2,1-3H3;3*1H3;/t2*11-;;;;/m00..../s1. The summed E-state index contributed by atoms with van der Waals surface area (Å²) in [5, 5.41) is 0. The number of hydrogen-bond acceptors (Lipinski definition) is 8. The molecule has 0 N–H and O–H groups in total. The fourth-order valence-corrected chi connectivity index (χ4v) is 7.42. The molecule has 2 atom stereocenters. The molecule has 0 aromatic carbocycles. The molecule has 0 radical (unpaired) electrons. The Kier molecular flexibility index (Phi) is 12.0. The van der Waals surface area contributed by atoms with Gasteiger partial charge in [-0.05, 0) is 49.2 Å². The fourth-order valence-electron chi connectivity index (χ4n) is 4.11. The van der Waals surface area contributed by atoms with Crippen molar-refractivity contribution < 1.29 is 28.5 Å². The van der Waals surface area contributed by atoms with Gasteiger partial charge in [0.05, 0.1) is 12.2 Å². The van der Waals surface area contributed by atoms with Crippen LogP contribution in [0.1, 0.15) is 54.4 Å². The van der Waals surface area contributed by atoms with Gasteiger partial charge in [0.2, 0.25) is 0 Å². The van der Waals surface area contributed by atoms with Crippen molar-refractivity contribution in [1.29, 1.82) is 0 Å². The summed E-state index contributed by atoms with van der Waals surface area (Å²) in [6, 6.07) is 4.12. The maximum atomic E-state index is 12.1. The Bertz CT molecular complexity index is 1240. The summed E-state index contributed by atoms with van der Waals surface area (Å²) < 4.78 is 24.5. The van der Waals surface area contributed by atoms with Crippen molar-refractivity contribution in [2.24, 2.45) is 0 Å². The van der Waals surface area contributed by atoms with E-state index in [1.54, 1.807) is 28.4 Å². The fraction of sp³-hybridized carbons (Fsp3) is 0.613. The number of carbonyl (C=O) groups is 2. The molecule has 2 fully saturated rings. The molecule has 2 aromatic rings. The zero-order chi connectivity index (χ0) is 32.0. The monoisotopic (exact) mass is 770 g/mol. The molecule has 12 heteroatoms. The van der Waals surface area contributed by atoms with Gasteiger partial charge < -0.3 is 14.4 Å². The molecule has 2 aliphatic heterocycles. The Morgan fingerprint density at radius 2 is 1.23 bits per heavy atom. The minimum absolute atomic E-state index is 0.0730. The smallest absolute Gasteiger partial charge is 0.410 e. The minimum Gasteiger partial charge on any atom is -0.490 e. The van der Waals surface area contributed by atoms with Crippen LogP contribution in [0.25, 0.3) is 0 Å². The third-order valence-corrected chi connectivity index (χ3v) is 12.8. The second kappa shape index (κ2) is 14.7. The Morgan fingerprint density at radius 1 is 0.791 bits per heavy atom. The van der Waals surface area contributed by atoms with Gasteiger partial charge in [0.15, 0.2) is 0 Å². The van der Waals surface area contributed by atoms with Crippen LogP contribution >= 0.6 is 15.9 Å². The van der Waals surface area contributed by atoms with Crippen molar-refractivity contribution >= 4 is 50.1 Å². The van der Waals surface area contributed by atoms with Gasteiger partial charge >= 0.3 is 149 Å². The Labute approximate surface area is 268 Å². The van der Waals surface area contributed by atoms with Crippen LogP contribution in [0.3, 0.4) is 0 Å². The molecule has 0 saturated carbocycles. The van der Waals surface area contributed by atoms with Crippen molar-refractivity contribution in [1.82, 2.24) is 19.8 Å². The van der Waals surface area contributed by atoms with Gasteiger partial charge in [-0.1, -0.05) is 0 Å². The van der Waals surface area contributed by atoms with Gasteiger partial charge in [-0.25, -0.2) is 4.79 Å². The van der Waals surface area contributed by atoms with Gasteiger partial charge in [-0.2, -0.15) is 0 Å². The number of amides is 2. The molecule has 10 nitrogen and oxygen atoms in total. The van der Waals surface area contributed by atoms with Crippen molar-refractivity contribution in [3.05, 3.63) is 41.4 Å². The topological polar surface area (TPSA) is 103 Å². The molecule has 2 aromatic heterocycles. The van der Waals surface area contributed by atoms with E-state index in [0.717, 1.165) is 36.2 Å². The Morgan fingerprint density at radius 3 is 1.60 bits per heavy atom. The first-order valence-electron chi connectivity index (χ1n) is 14.7. The summed E-state index contributed by atoms with van der Waals surface area (Å²) in [7, 11) is 0. The van der Waals surface area contributed by atoms with Gasteiger partial charge in [0.1, 0.15) is 18.0 Å². The minimum atomic E-state index is -2.13. The second-order valence-electron chi connectivity index (χ2n) is 13.9. The zero-order valence-electron chi connectivity index (χ0n) is 27.0. The number of likely N-dealkylation sites (tertiary alicyclic amines) is 2. The molecular weight excluding hydrogens is 723 g/mol. The number of hydrogen-bond donors (Lipinski definition) is 0. The Balaban J connectivity index is 0.000000238. The van der Waals surface area contributed by atoms with Crippen molar-refractivity contribution in [2.75, 3.05) is 26.3 Å². The molecular formula is C31H47BrN4O6Sn. The number of halogens is 1. The average Bonchev–Trinajstić information content (AvgIpc) is 2.80. The summed E-state index contributed by atoms with van der Waals surface area (Å²) >= 11 is 1.21. The molecule has 2 saturated heterocycles. The summed E-state index contributed by atoms with van der Waals surface area (Å²) in [5.41, 5.74) is -0.928. The van der Waals surface area contributed by atoms with Crippen LogP contribution in [0.2, 0.25) is 14.8 Å². The Hall–Kier alpha value is -2.28. The third kappa shape index (κ3) is 11.6. The summed E-state index contributed by atoms with van der Waals surface area (Å²) in [5.74, 6) is 1.49. The summed E-state index contributed by atoms with van der Waals surface area (Å²) in [6.07, 6.45) is 8.41. The number of carbonyl (C=O) groups excluding carboxylic acids is 2. The number of ether oxygens (including phenoxy) is 4. The maximum absolute atomic E-state index is 12.1. The van der Waals surface area contributed by atoms with Crippen LogP contribution in [0.4, 0.5) is 9.59 Å². The summed E-state index contributed by atoms with van der Waals surface area (Å²) in [6.45, 7) is 13.6. The number of aromatic nitrogens is 2. The number of pyridine rings is 2. The molecule has 0 unspecified atom stereocenters. The van der Waals surface area contributed by atoms with Crippen LogP contribution in [0.15, 0.2) is 41.4 Å². The predicted molar refractivity (Wildman–Crippen MR) is 173 cm³/mol. The first kappa shape index (κ1) is 35.2. The van der Waals surface area contributed by atoms with Crippen LogP contribution < -0.4 is 13.1 Å². The van der Waals surface area contributed by atoms with Crippen LogP contribution in [-0.4, -0.2) is 99.9 Å². The van der Waals surface area contributed by atoms with Gasteiger partial charge in [0.25, 0.3) is 0 Å². The van der Waals surface area contributed by atoms with E-state index in [4.69, 9.17) is 18.9 Å². The van der Waals surface area contributed by atoms with E-state index in [1.165, 1.54) is 3.58 Å². The maximum Gasteiger partial charge on any atom is 0.410 e. The van der Waals surface area contributed by atoms with Gasteiger partial charge in [-0.3, -0.25) is 4.98 Å². The molecule has 43 heavy (non-hydrogen) atoms. The van der Waals surface area contributed by atoms with Crippen LogP contribution in [0, 0.1) is 0 Å². The largest absolute Gasteiger partial charge is 0.490 e. The number of rotatable bonds is 7. The average molecular weight is 770 g/mol. The molecule has 2 aliphatic rings. The molecule has 4 heterocycles. The van der Waals surface area contributed by atoms with E-state index in [0.29, 0.717) is 19.0 Å². The molecule has 0 spiro atoms. The second-order valence-corrected chi connectivity index (χ2v) is 29.3. The van der Waals surface area contributed by atoms with Crippen LogP contribution in [-0.2, 0) is 9.47 Å². The number of nitrogens with zero attached hydrogens (tertiary/aromatic N) is 4. The van der Waals surface area contributed by atoms with E-state index in [2.05, 4.69) is 46.8 Å². The first-order valence-corrected chi connectivity index (χ1v) is 25.5. The molecule has 238 valence electrons. The van der Waals surface area contributed by atoms with Crippen molar-refractivity contribution in [3.8, 4) is 11.5 Å². The molecule has 4 rings (SSSR count). The van der Waals surface area contributed by atoms with E-state index < -0.39 is 29.6 Å². The van der Waals surface area contributed by atoms with E-state index in [9.17, 15) is 9.59 Å². The van der Waals surface area contributed by atoms with Crippen molar-refractivity contribution in [2.45, 2.75) is 92.5 Å². The quantitative estimate of drug-likeness (QED) is 0.305. The van der Waals surface area contributed by atoms with Crippen molar-refractivity contribution in [3.63, 3.8) is 0 Å². The van der Waals surface area contributed by atoms with Gasteiger partial charge in [-0.15, -0.1) is 0 Å². The van der Waals surface area contributed by atoms with E-state index in [1.807, 2.05) is 53.8 Å². The SMILES string of the molecule is CC(C)(C)OC(=O)N1CC[C@H]1COc1cnc[c]([Sn]([CH3])([CH3])[CH3])c1.CC(C)(C)OC(=O)N1CC[C@H]1COc1cncc(Br)c1. The third-order valence-electron chi connectivity index (χ3n) is 6.69. The molecule has 2 amide bonds. The molecule has 0 bridgehead atoms. The summed E-state index contributed by atoms with van der Waals surface area (Å²) in [4.78, 5) is 42.9. The zero-order valence-corrected chi connectivity index (χ0v) is 31.4. The predicted octanol–water partition coefficient (Wildman–Crippen LogP) is 6.25. The normalized spacial score (nSPS) is 18.4. The van der Waals surface area contributed by atoms with Crippen LogP contribution in [0.5, 0.6) is 11.5 Å². The molecule has 0 aliphatic carbocycles. The first-order chi connectivity index (χ1) is 19.9. The van der Waals surface area contributed by atoms with Gasteiger partial charge in [0, 0.05) is 17.2 Å². The van der Waals surface area contributed by atoms with E-state index in [-0.39, 0.29) is 24.3 Å².